The Bertz CT molecular complexity index is 587. The van der Waals surface area contributed by atoms with Crippen molar-refractivity contribution in [1.82, 2.24) is 0 Å². The van der Waals surface area contributed by atoms with Gasteiger partial charge >= 0.3 is 12.1 Å². The second-order valence-corrected chi connectivity index (χ2v) is 5.81. The maximum atomic E-state index is 12.4. The Labute approximate surface area is 137 Å². The molecule has 0 bridgehead atoms. The molecule has 0 aliphatic rings. The summed E-state index contributed by atoms with van der Waals surface area (Å²) in [5.41, 5.74) is -0.190. The van der Waals surface area contributed by atoms with Crippen LogP contribution in [-0.4, -0.2) is 24.2 Å². The van der Waals surface area contributed by atoms with Crippen molar-refractivity contribution in [3.05, 3.63) is 49.6 Å². The summed E-state index contributed by atoms with van der Waals surface area (Å²) in [7, 11) is 0. The number of ether oxygens (including phenoxy) is 2. The molecule has 0 fully saturated rings. The van der Waals surface area contributed by atoms with Gasteiger partial charge in [-0.25, -0.2) is 4.79 Å². The standard InChI is InChI=1S/C18H23NO4/c1-6-10-16(20)22-15-12-9-8-11-14(15)19(13-7-2)17(21)23-18(3,4)5/h6-9,11-12H,1-2,10,13H2,3-5H3. The smallest absolute Gasteiger partial charge is 0.415 e. The fourth-order valence-electron chi connectivity index (χ4n) is 1.77. The Morgan fingerprint density at radius 1 is 1.17 bits per heavy atom. The summed E-state index contributed by atoms with van der Waals surface area (Å²) in [5.74, 6) is -0.165. The van der Waals surface area contributed by atoms with Gasteiger partial charge in [0.1, 0.15) is 5.60 Å². The highest BCUT2D eigenvalue weighted by atomic mass is 16.6. The van der Waals surface area contributed by atoms with E-state index in [9.17, 15) is 9.59 Å². The van der Waals surface area contributed by atoms with Gasteiger partial charge in [-0.3, -0.25) is 9.69 Å². The van der Waals surface area contributed by atoms with Crippen molar-refractivity contribution in [2.24, 2.45) is 0 Å². The van der Waals surface area contributed by atoms with Crippen LogP contribution in [-0.2, 0) is 9.53 Å². The predicted molar refractivity (Wildman–Crippen MR) is 90.7 cm³/mol. The first-order valence-electron chi connectivity index (χ1n) is 7.30. The molecule has 0 N–H and O–H groups in total. The number of hydrogen-bond donors (Lipinski definition) is 0. The summed E-state index contributed by atoms with van der Waals surface area (Å²) >= 11 is 0. The molecular weight excluding hydrogens is 294 g/mol. The van der Waals surface area contributed by atoms with Crippen LogP contribution in [0.25, 0.3) is 0 Å². The molecule has 0 atom stereocenters. The zero-order chi connectivity index (χ0) is 17.5. The van der Waals surface area contributed by atoms with Gasteiger partial charge in [-0.15, -0.1) is 13.2 Å². The molecule has 5 heteroatoms. The van der Waals surface area contributed by atoms with Gasteiger partial charge in [0.05, 0.1) is 12.1 Å². The molecule has 1 rings (SSSR count). The van der Waals surface area contributed by atoms with Crippen LogP contribution < -0.4 is 9.64 Å². The Balaban J connectivity index is 3.11. The number of carbonyl (C=O) groups is 2. The lowest BCUT2D eigenvalue weighted by Gasteiger charge is -2.27. The van der Waals surface area contributed by atoms with E-state index in [1.807, 2.05) is 0 Å². The number of benzene rings is 1. The van der Waals surface area contributed by atoms with Crippen molar-refractivity contribution in [3.63, 3.8) is 0 Å². The molecular formula is C18H23NO4. The highest BCUT2D eigenvalue weighted by Gasteiger charge is 2.25. The molecule has 1 aromatic rings. The molecule has 0 unspecified atom stereocenters. The first-order valence-corrected chi connectivity index (χ1v) is 7.30. The lowest BCUT2D eigenvalue weighted by molar-refractivity contribution is -0.133. The molecule has 0 aliphatic heterocycles. The molecule has 1 aromatic carbocycles. The van der Waals surface area contributed by atoms with Crippen LogP contribution >= 0.6 is 0 Å². The summed E-state index contributed by atoms with van der Waals surface area (Å²) in [6, 6.07) is 6.78. The second kappa shape index (κ2) is 8.17. The number of carbonyl (C=O) groups excluding carboxylic acids is 2. The van der Waals surface area contributed by atoms with Crippen molar-refractivity contribution >= 4 is 17.7 Å². The van der Waals surface area contributed by atoms with Gasteiger partial charge in [0.15, 0.2) is 5.75 Å². The summed E-state index contributed by atoms with van der Waals surface area (Å²) < 4.78 is 10.7. The van der Waals surface area contributed by atoms with E-state index in [1.54, 1.807) is 51.1 Å². The molecule has 5 nitrogen and oxygen atoms in total. The van der Waals surface area contributed by atoms with Gasteiger partial charge in [-0.2, -0.15) is 0 Å². The molecule has 0 aliphatic carbocycles. The van der Waals surface area contributed by atoms with Gasteiger partial charge in [0, 0.05) is 6.54 Å². The normalized spacial score (nSPS) is 10.6. The molecule has 23 heavy (non-hydrogen) atoms. The van der Waals surface area contributed by atoms with Crippen molar-refractivity contribution in [1.29, 1.82) is 0 Å². The fourth-order valence-corrected chi connectivity index (χ4v) is 1.77. The average Bonchev–Trinajstić information content (AvgIpc) is 2.44. The summed E-state index contributed by atoms with van der Waals surface area (Å²) in [6.07, 6.45) is 2.58. The topological polar surface area (TPSA) is 55.8 Å². The fraction of sp³-hybridized carbons (Fsp3) is 0.333. The number of amides is 1. The first-order chi connectivity index (χ1) is 10.8. The lowest BCUT2D eigenvalue weighted by Crippen LogP contribution is -2.37. The van der Waals surface area contributed by atoms with Crippen LogP contribution in [0.5, 0.6) is 5.75 Å². The highest BCUT2D eigenvalue weighted by Crippen LogP contribution is 2.29. The van der Waals surface area contributed by atoms with E-state index < -0.39 is 17.7 Å². The van der Waals surface area contributed by atoms with E-state index in [-0.39, 0.29) is 18.7 Å². The Morgan fingerprint density at radius 3 is 2.39 bits per heavy atom. The van der Waals surface area contributed by atoms with Crippen molar-refractivity contribution in [2.45, 2.75) is 32.8 Å². The Kier molecular flexibility index (Phi) is 6.57. The maximum absolute atomic E-state index is 12.4. The van der Waals surface area contributed by atoms with E-state index in [0.29, 0.717) is 5.69 Å². The van der Waals surface area contributed by atoms with Gasteiger partial charge in [0.2, 0.25) is 0 Å². The third-order valence-electron chi connectivity index (χ3n) is 2.62. The zero-order valence-electron chi connectivity index (χ0n) is 13.9. The van der Waals surface area contributed by atoms with Crippen LogP contribution in [0.3, 0.4) is 0 Å². The quantitative estimate of drug-likeness (QED) is 0.450. The maximum Gasteiger partial charge on any atom is 0.415 e. The van der Waals surface area contributed by atoms with Crippen molar-refractivity contribution in [3.8, 4) is 5.75 Å². The molecule has 1 amide bonds. The van der Waals surface area contributed by atoms with E-state index in [4.69, 9.17) is 9.47 Å². The van der Waals surface area contributed by atoms with Gasteiger partial charge in [-0.1, -0.05) is 24.3 Å². The van der Waals surface area contributed by atoms with E-state index in [1.165, 1.54) is 11.0 Å². The third-order valence-corrected chi connectivity index (χ3v) is 2.62. The molecule has 0 heterocycles. The molecule has 0 saturated heterocycles. The number of nitrogens with zero attached hydrogens (tertiary/aromatic N) is 1. The predicted octanol–water partition coefficient (Wildman–Crippen LogP) is 4.10. The van der Waals surface area contributed by atoms with Crippen LogP contribution in [0.1, 0.15) is 27.2 Å². The highest BCUT2D eigenvalue weighted by molar-refractivity contribution is 5.91. The Hall–Kier alpha value is -2.56. The Morgan fingerprint density at radius 2 is 1.83 bits per heavy atom. The van der Waals surface area contributed by atoms with E-state index in [0.717, 1.165) is 0 Å². The van der Waals surface area contributed by atoms with Gasteiger partial charge in [-0.05, 0) is 32.9 Å². The minimum Gasteiger partial charge on any atom is -0.443 e. The molecule has 0 saturated carbocycles. The lowest BCUT2D eigenvalue weighted by atomic mass is 10.2. The van der Waals surface area contributed by atoms with E-state index in [2.05, 4.69) is 13.2 Å². The SMILES string of the molecule is C=CCC(=O)Oc1ccccc1N(CC=C)C(=O)OC(C)(C)C. The van der Waals surface area contributed by atoms with E-state index >= 15 is 0 Å². The number of esters is 1. The summed E-state index contributed by atoms with van der Waals surface area (Å²) in [6.45, 7) is 12.7. The number of rotatable bonds is 6. The van der Waals surface area contributed by atoms with Crippen LogP contribution in [0, 0.1) is 0 Å². The van der Waals surface area contributed by atoms with Crippen molar-refractivity contribution < 1.29 is 19.1 Å². The average molecular weight is 317 g/mol. The third kappa shape index (κ3) is 5.98. The molecule has 0 aromatic heterocycles. The van der Waals surface area contributed by atoms with Gasteiger partial charge in [0.25, 0.3) is 0 Å². The summed E-state index contributed by atoms with van der Waals surface area (Å²) in [4.78, 5) is 25.5. The van der Waals surface area contributed by atoms with Crippen LogP contribution in [0.15, 0.2) is 49.6 Å². The largest absolute Gasteiger partial charge is 0.443 e. The molecule has 124 valence electrons. The van der Waals surface area contributed by atoms with Gasteiger partial charge < -0.3 is 9.47 Å². The minimum atomic E-state index is -0.634. The molecule has 0 radical (unpaired) electrons. The van der Waals surface area contributed by atoms with Crippen molar-refractivity contribution in [2.75, 3.05) is 11.4 Å². The van der Waals surface area contributed by atoms with Crippen LogP contribution in [0.2, 0.25) is 0 Å². The minimum absolute atomic E-state index is 0.0855. The monoisotopic (exact) mass is 317 g/mol. The zero-order valence-corrected chi connectivity index (χ0v) is 13.9. The van der Waals surface area contributed by atoms with Crippen LogP contribution in [0.4, 0.5) is 10.5 Å². The number of anilines is 1. The number of hydrogen-bond acceptors (Lipinski definition) is 4. The summed E-state index contributed by atoms with van der Waals surface area (Å²) in [5, 5.41) is 0. The second-order valence-electron chi connectivity index (χ2n) is 5.81. The molecule has 0 spiro atoms. The first kappa shape index (κ1) is 18.5. The number of para-hydroxylation sites is 2.